The van der Waals surface area contributed by atoms with Gasteiger partial charge in [0.15, 0.2) is 5.78 Å². The third kappa shape index (κ3) is 14.6. The molecule has 3 N–H and O–H groups in total. The van der Waals surface area contributed by atoms with E-state index in [1.165, 1.54) is 12.0 Å². The van der Waals surface area contributed by atoms with Crippen LogP contribution in [0.15, 0.2) is 23.3 Å². The van der Waals surface area contributed by atoms with Crippen molar-refractivity contribution >= 4 is 29.2 Å². The molecule has 370 valence electrons. The summed E-state index contributed by atoms with van der Waals surface area (Å²) >= 11 is 0. The van der Waals surface area contributed by atoms with Crippen LogP contribution in [0.2, 0.25) is 0 Å². The van der Waals surface area contributed by atoms with Crippen LogP contribution >= 0.6 is 0 Å². The summed E-state index contributed by atoms with van der Waals surface area (Å²) in [6, 6.07) is -1.13. The second-order valence-corrected chi connectivity index (χ2v) is 20.3. The van der Waals surface area contributed by atoms with Crippen LogP contribution in [-0.2, 0) is 47.7 Å². The molecule has 3 fully saturated rings. The number of Topliss-reactive ketones (excluding diaryl/α,β-unsaturated/α-hetero) is 3. The summed E-state index contributed by atoms with van der Waals surface area (Å²) < 4.78 is 29.5. The highest BCUT2D eigenvalue weighted by Crippen LogP contribution is 2.38. The number of ether oxygens (including phenoxy) is 5. The van der Waals surface area contributed by atoms with Crippen molar-refractivity contribution in [2.45, 2.75) is 206 Å². The van der Waals surface area contributed by atoms with Crippen molar-refractivity contribution in [1.82, 2.24) is 4.90 Å². The second-order valence-electron chi connectivity index (χ2n) is 20.3. The van der Waals surface area contributed by atoms with E-state index in [9.17, 15) is 39.3 Å². The lowest BCUT2D eigenvalue weighted by atomic mass is 9.78. The maximum Gasteiger partial charge on any atom is 0.329 e. The van der Waals surface area contributed by atoms with Gasteiger partial charge < -0.3 is 43.9 Å². The average Bonchev–Trinajstić information content (AvgIpc) is 3.28. The highest BCUT2D eigenvalue weighted by molar-refractivity contribution is 6.39. The fourth-order valence-electron chi connectivity index (χ4n) is 10.7. The molecule has 15 atom stereocenters. The Kier molecular flexibility index (Phi) is 21.5. The summed E-state index contributed by atoms with van der Waals surface area (Å²) in [6.45, 7) is 13.1. The minimum atomic E-state index is -2.40. The number of hydrogen-bond acceptors (Lipinski definition) is 13. The number of amides is 1. The molecule has 4 rings (SSSR count). The number of rotatable bonds is 6. The second kappa shape index (κ2) is 25.5. The molecule has 14 heteroatoms. The standard InChI is InChI=1S/C51H83NO13/c1-30-16-12-11-13-17-31(2)42(61-8)28-38-21-19-36(7)51(60,65-38)48(57)49(58)52-23-15-14-18-39(52)50(59)64-43(33(4)26-37-20-22-40(53)44(27-37)62-9)29-41(54)32(3)25-35(6)46(56)47(63-10)45(55)34(5)24-30/h17,25,30,32-34,36-40,42-44,46-47,53,56,60H,11-16,18-24,26-29H2,1-10H3/b31-17+,35-25+/t30-,32-,33-,34-,36-,37+,38+,39+,40-,42?,43+,44-,46-,47?,51-/m1/s1. The van der Waals surface area contributed by atoms with Crippen molar-refractivity contribution < 1.29 is 63.0 Å². The number of nitrogens with zero attached hydrogens (tertiary/aromatic N) is 1. The van der Waals surface area contributed by atoms with Crippen molar-refractivity contribution in [3.8, 4) is 0 Å². The van der Waals surface area contributed by atoms with Gasteiger partial charge in [0.2, 0.25) is 5.79 Å². The summed E-state index contributed by atoms with van der Waals surface area (Å²) in [5.74, 6) is -7.47. The number of allylic oxidation sites excluding steroid dienone is 2. The van der Waals surface area contributed by atoms with Gasteiger partial charge in [-0.25, -0.2) is 4.79 Å². The van der Waals surface area contributed by atoms with E-state index >= 15 is 0 Å². The molecule has 3 heterocycles. The zero-order valence-electron chi connectivity index (χ0n) is 41.1. The lowest BCUT2D eigenvalue weighted by Crippen LogP contribution is -2.61. The van der Waals surface area contributed by atoms with Gasteiger partial charge in [-0.05, 0) is 120 Å². The van der Waals surface area contributed by atoms with E-state index < -0.39 is 71.8 Å². The summed E-state index contributed by atoms with van der Waals surface area (Å²) in [5, 5.41) is 33.9. The number of esters is 1. The van der Waals surface area contributed by atoms with E-state index in [1.807, 2.05) is 20.8 Å². The lowest BCUT2D eigenvalue weighted by Gasteiger charge is -2.42. The van der Waals surface area contributed by atoms with Gasteiger partial charge in [-0.1, -0.05) is 59.6 Å². The molecule has 1 saturated carbocycles. The van der Waals surface area contributed by atoms with Gasteiger partial charge in [-0.2, -0.15) is 0 Å². The molecular weight excluding hydrogens is 835 g/mol. The van der Waals surface area contributed by atoms with E-state index in [0.717, 1.165) is 37.7 Å². The number of carbonyl (C=O) groups is 5. The molecule has 1 amide bonds. The van der Waals surface area contributed by atoms with Crippen LogP contribution in [-0.4, -0.2) is 132 Å². The first-order valence-electron chi connectivity index (χ1n) is 24.6. The van der Waals surface area contributed by atoms with E-state index in [1.54, 1.807) is 41.1 Å². The van der Waals surface area contributed by atoms with Crippen molar-refractivity contribution in [2.75, 3.05) is 27.9 Å². The molecule has 14 nitrogen and oxygen atoms in total. The van der Waals surface area contributed by atoms with Crippen LogP contribution in [0, 0.1) is 35.5 Å². The smallest absolute Gasteiger partial charge is 0.329 e. The highest BCUT2D eigenvalue weighted by atomic mass is 16.6. The zero-order valence-corrected chi connectivity index (χ0v) is 41.1. The number of cyclic esters (lactones) is 1. The monoisotopic (exact) mass is 918 g/mol. The third-order valence-corrected chi connectivity index (χ3v) is 15.1. The molecule has 4 aliphatic rings. The minimum absolute atomic E-state index is 0.0992. The predicted octanol–water partition coefficient (Wildman–Crippen LogP) is 6.63. The normalized spacial score (nSPS) is 39.9. The maximum atomic E-state index is 14.4. The maximum absolute atomic E-state index is 14.4. The highest BCUT2D eigenvalue weighted by Gasteiger charge is 2.53. The molecule has 0 aromatic heterocycles. The predicted molar refractivity (Wildman–Crippen MR) is 245 cm³/mol. The van der Waals surface area contributed by atoms with Crippen molar-refractivity contribution in [2.24, 2.45) is 35.5 Å². The number of fused-ring (bicyclic) bond motifs is 3. The van der Waals surface area contributed by atoms with E-state index in [2.05, 4.69) is 13.0 Å². The van der Waals surface area contributed by atoms with Gasteiger partial charge >= 0.3 is 5.97 Å². The topological polar surface area (TPSA) is 195 Å². The molecule has 0 radical (unpaired) electrons. The number of piperidine rings is 1. The molecule has 65 heavy (non-hydrogen) atoms. The molecule has 2 bridgehead atoms. The van der Waals surface area contributed by atoms with Crippen molar-refractivity contribution in [1.29, 1.82) is 0 Å². The van der Waals surface area contributed by atoms with Crippen LogP contribution in [0.3, 0.4) is 0 Å². The van der Waals surface area contributed by atoms with E-state index in [0.29, 0.717) is 63.4 Å². The van der Waals surface area contributed by atoms with Crippen LogP contribution < -0.4 is 0 Å². The van der Waals surface area contributed by atoms with Gasteiger partial charge in [-0.3, -0.25) is 19.2 Å². The Hall–Kier alpha value is -2.85. The first kappa shape index (κ1) is 54.8. The van der Waals surface area contributed by atoms with E-state index in [4.69, 9.17) is 23.7 Å². The lowest BCUT2D eigenvalue weighted by molar-refractivity contribution is -0.265. The van der Waals surface area contributed by atoms with Crippen molar-refractivity contribution in [3.05, 3.63) is 23.3 Å². The van der Waals surface area contributed by atoms with Crippen LogP contribution in [0.1, 0.15) is 151 Å². The fourth-order valence-corrected chi connectivity index (χ4v) is 10.7. The SMILES string of the molecule is COC1C[C@@H]2CC[C@@H](C)[C@@](O)(O2)C(=O)C(=O)N2CCCC[C@H]2C(=O)O[C@H]([C@H](C)C[C@@H]2CC[C@@H](O)[C@H](OC)C2)CC(=O)[C@H](C)/C=C(\C)[C@@H](O)C(OC)C(=O)[C@H](C)C[C@H](C)CCCC/C=C/1C. The van der Waals surface area contributed by atoms with Crippen LogP contribution in [0.25, 0.3) is 0 Å². The molecule has 0 spiro atoms. The number of carbonyl (C=O) groups excluding carboxylic acids is 5. The van der Waals surface area contributed by atoms with Crippen LogP contribution in [0.5, 0.6) is 0 Å². The van der Waals surface area contributed by atoms with Gasteiger partial charge in [0, 0.05) is 58.5 Å². The first-order valence-corrected chi connectivity index (χ1v) is 24.6. The third-order valence-electron chi connectivity index (χ3n) is 15.1. The number of ketones is 3. The summed E-state index contributed by atoms with van der Waals surface area (Å²) in [7, 11) is 4.59. The summed E-state index contributed by atoms with van der Waals surface area (Å²) in [5.41, 5.74) is 1.41. The minimum Gasteiger partial charge on any atom is -0.460 e. The largest absolute Gasteiger partial charge is 0.460 e. The zero-order chi connectivity index (χ0) is 48.2. The quantitative estimate of drug-likeness (QED) is 0.146. The number of aliphatic hydroxyl groups is 3. The Labute approximate surface area is 388 Å². The molecule has 3 aliphatic heterocycles. The Bertz CT molecular complexity index is 1660. The Balaban J connectivity index is 1.67. The number of methoxy groups -OCH3 is 3. The first-order chi connectivity index (χ1) is 30.7. The van der Waals surface area contributed by atoms with E-state index in [-0.39, 0.29) is 66.8 Å². The van der Waals surface area contributed by atoms with Gasteiger partial charge in [-0.15, -0.1) is 0 Å². The van der Waals surface area contributed by atoms with Gasteiger partial charge in [0.1, 0.15) is 30.1 Å². The number of hydrogen-bond donors (Lipinski definition) is 3. The summed E-state index contributed by atoms with van der Waals surface area (Å²) in [4.78, 5) is 71.9. The fraction of sp³-hybridized carbons (Fsp3) is 0.824. The Morgan fingerprint density at radius 3 is 2.22 bits per heavy atom. The molecule has 0 aromatic carbocycles. The molecule has 2 saturated heterocycles. The molecule has 2 unspecified atom stereocenters. The molecule has 0 aromatic rings. The van der Waals surface area contributed by atoms with Gasteiger partial charge in [0.25, 0.3) is 11.7 Å². The Morgan fingerprint density at radius 1 is 0.831 bits per heavy atom. The van der Waals surface area contributed by atoms with Gasteiger partial charge in [0.05, 0.1) is 24.4 Å². The molecular formula is C51H83NO13. The summed E-state index contributed by atoms with van der Waals surface area (Å²) in [6.07, 6.45) is 7.89. The average molecular weight is 918 g/mol. The molecule has 1 aliphatic carbocycles. The van der Waals surface area contributed by atoms with Crippen LogP contribution in [0.4, 0.5) is 0 Å². The Morgan fingerprint density at radius 2 is 1.54 bits per heavy atom. The number of aliphatic hydroxyl groups excluding tert-OH is 2. The van der Waals surface area contributed by atoms with Crippen molar-refractivity contribution in [3.63, 3.8) is 0 Å².